The zero-order valence-electron chi connectivity index (χ0n) is 16.3. The number of hydrogen-bond acceptors (Lipinski definition) is 5. The third-order valence-corrected chi connectivity index (χ3v) is 8.51. The summed E-state index contributed by atoms with van der Waals surface area (Å²) in [5.74, 6) is -0.406. The fraction of sp³-hybridized carbons (Fsp3) is 0.364. The van der Waals surface area contributed by atoms with Crippen LogP contribution in [0.1, 0.15) is 49.7 Å². The fourth-order valence-corrected chi connectivity index (χ4v) is 6.85. The summed E-state index contributed by atoms with van der Waals surface area (Å²) in [6.07, 6.45) is 4.95. The molecule has 2 N–H and O–H groups in total. The van der Waals surface area contributed by atoms with Gasteiger partial charge >= 0.3 is 0 Å². The Morgan fingerprint density at radius 1 is 1.13 bits per heavy atom. The molecule has 3 aromatic rings. The quantitative estimate of drug-likeness (QED) is 0.545. The normalized spacial score (nSPS) is 18.0. The average molecular weight is 461 g/mol. The Bertz CT molecular complexity index is 1130. The number of anilines is 1. The van der Waals surface area contributed by atoms with Crippen LogP contribution in [0.25, 0.3) is 10.1 Å². The van der Waals surface area contributed by atoms with Crippen molar-refractivity contribution in [2.45, 2.75) is 38.2 Å². The molecule has 156 valence electrons. The molecular formula is C22H21ClN2O3S2. The Morgan fingerprint density at radius 3 is 2.80 bits per heavy atom. The zero-order chi connectivity index (χ0) is 20.7. The van der Waals surface area contributed by atoms with Crippen LogP contribution in [0.15, 0.2) is 24.3 Å². The molecule has 0 unspecified atom stereocenters. The van der Waals surface area contributed by atoms with Crippen molar-refractivity contribution in [1.82, 2.24) is 5.32 Å². The summed E-state index contributed by atoms with van der Waals surface area (Å²) in [6.45, 7) is 1.25. The summed E-state index contributed by atoms with van der Waals surface area (Å²) in [4.78, 5) is 27.7. The van der Waals surface area contributed by atoms with Crippen LogP contribution in [0.4, 0.5) is 5.00 Å². The number of ether oxygens (including phenoxy) is 1. The van der Waals surface area contributed by atoms with Crippen LogP contribution in [-0.2, 0) is 17.6 Å². The summed E-state index contributed by atoms with van der Waals surface area (Å²) in [7, 11) is 0. The van der Waals surface area contributed by atoms with Gasteiger partial charge in [-0.25, -0.2) is 0 Å². The highest BCUT2D eigenvalue weighted by Gasteiger charge is 2.29. The molecule has 0 radical (unpaired) electrons. The summed E-state index contributed by atoms with van der Waals surface area (Å²) >= 11 is 9.35. The molecule has 2 aliphatic rings. The number of halogens is 1. The van der Waals surface area contributed by atoms with Gasteiger partial charge in [0, 0.05) is 28.1 Å². The third kappa shape index (κ3) is 3.64. The zero-order valence-corrected chi connectivity index (χ0v) is 18.6. The van der Waals surface area contributed by atoms with E-state index in [9.17, 15) is 9.59 Å². The molecule has 1 aliphatic carbocycles. The molecule has 0 spiro atoms. The van der Waals surface area contributed by atoms with E-state index >= 15 is 0 Å². The molecule has 1 aliphatic heterocycles. The van der Waals surface area contributed by atoms with Crippen LogP contribution in [0.2, 0.25) is 5.02 Å². The van der Waals surface area contributed by atoms with E-state index in [-0.39, 0.29) is 17.9 Å². The van der Waals surface area contributed by atoms with Gasteiger partial charge in [0.2, 0.25) is 0 Å². The highest BCUT2D eigenvalue weighted by molar-refractivity contribution is 7.22. The molecule has 1 fully saturated rings. The number of nitrogens with one attached hydrogen (secondary N) is 2. The van der Waals surface area contributed by atoms with Crippen molar-refractivity contribution in [1.29, 1.82) is 0 Å². The smallest absolute Gasteiger partial charge is 0.267 e. The van der Waals surface area contributed by atoms with Gasteiger partial charge in [0.1, 0.15) is 9.88 Å². The van der Waals surface area contributed by atoms with Crippen molar-refractivity contribution >= 4 is 61.2 Å². The van der Waals surface area contributed by atoms with Crippen molar-refractivity contribution in [2.75, 3.05) is 18.5 Å². The fourth-order valence-electron chi connectivity index (χ4n) is 4.15. The molecule has 5 nitrogen and oxygen atoms in total. The molecule has 1 atom stereocenters. The second-order valence-electron chi connectivity index (χ2n) is 7.60. The van der Waals surface area contributed by atoms with E-state index in [2.05, 4.69) is 10.6 Å². The molecule has 2 aromatic heterocycles. The maximum Gasteiger partial charge on any atom is 0.267 e. The van der Waals surface area contributed by atoms with E-state index in [1.165, 1.54) is 27.6 Å². The molecule has 5 rings (SSSR count). The first kappa shape index (κ1) is 20.0. The first-order chi connectivity index (χ1) is 14.6. The van der Waals surface area contributed by atoms with Crippen molar-refractivity contribution < 1.29 is 14.3 Å². The lowest BCUT2D eigenvalue weighted by molar-refractivity contribution is 0.0858. The average Bonchev–Trinajstić information content (AvgIpc) is 3.51. The monoisotopic (exact) mass is 460 g/mol. The molecule has 3 heterocycles. The minimum absolute atomic E-state index is 0.0797. The number of amides is 2. The standard InChI is InChI=1S/C22H21ClN2O3S2/c23-18-14-6-1-2-8-16(14)29-19(18)21(27)25-22-17(13-7-3-9-15(13)30-22)20(26)24-11-12-5-4-10-28-12/h1-2,6,8,12H,3-5,7,9-11H2,(H,24,26)(H,25,27)/t12-/m1/s1. The minimum atomic E-state index is -0.269. The lowest BCUT2D eigenvalue weighted by atomic mass is 10.1. The van der Waals surface area contributed by atoms with Gasteiger partial charge in [0.15, 0.2) is 0 Å². The number of fused-ring (bicyclic) bond motifs is 2. The predicted octanol–water partition coefficient (Wildman–Crippen LogP) is 5.27. The van der Waals surface area contributed by atoms with Crippen molar-refractivity contribution in [3.05, 3.63) is 50.2 Å². The molecule has 0 saturated carbocycles. The van der Waals surface area contributed by atoms with Crippen LogP contribution in [0.3, 0.4) is 0 Å². The van der Waals surface area contributed by atoms with E-state index in [1.807, 2.05) is 24.3 Å². The summed E-state index contributed by atoms with van der Waals surface area (Å²) in [6, 6.07) is 7.70. The second-order valence-corrected chi connectivity index (χ2v) is 10.1. The van der Waals surface area contributed by atoms with E-state index in [0.29, 0.717) is 27.0 Å². The lowest BCUT2D eigenvalue weighted by Crippen LogP contribution is -2.32. The van der Waals surface area contributed by atoms with Crippen molar-refractivity contribution in [3.63, 3.8) is 0 Å². The van der Waals surface area contributed by atoms with Gasteiger partial charge < -0.3 is 15.4 Å². The molecule has 0 bridgehead atoms. The molecule has 1 saturated heterocycles. The Kier molecular flexibility index (Phi) is 5.54. The van der Waals surface area contributed by atoms with Crippen LogP contribution < -0.4 is 10.6 Å². The number of carbonyl (C=O) groups is 2. The predicted molar refractivity (Wildman–Crippen MR) is 122 cm³/mol. The second kappa shape index (κ2) is 8.30. The number of carbonyl (C=O) groups excluding carboxylic acids is 2. The Labute approximate surface area is 187 Å². The van der Waals surface area contributed by atoms with Crippen LogP contribution in [0, 0.1) is 0 Å². The van der Waals surface area contributed by atoms with Crippen LogP contribution >= 0.6 is 34.3 Å². The molecule has 8 heteroatoms. The maximum absolute atomic E-state index is 13.0. The van der Waals surface area contributed by atoms with Gasteiger partial charge in [-0.05, 0) is 43.7 Å². The first-order valence-electron chi connectivity index (χ1n) is 10.1. The molecule has 30 heavy (non-hydrogen) atoms. The number of aryl methyl sites for hydroxylation is 1. The third-order valence-electron chi connectivity index (χ3n) is 5.63. The van der Waals surface area contributed by atoms with Crippen molar-refractivity contribution in [3.8, 4) is 0 Å². The minimum Gasteiger partial charge on any atom is -0.376 e. The lowest BCUT2D eigenvalue weighted by Gasteiger charge is -2.12. The first-order valence-corrected chi connectivity index (χ1v) is 12.2. The summed E-state index contributed by atoms with van der Waals surface area (Å²) in [5.41, 5.74) is 1.68. The number of hydrogen-bond donors (Lipinski definition) is 2. The van der Waals surface area contributed by atoms with E-state index < -0.39 is 0 Å². The summed E-state index contributed by atoms with van der Waals surface area (Å²) in [5, 5.41) is 7.94. The van der Waals surface area contributed by atoms with E-state index in [1.54, 1.807) is 0 Å². The van der Waals surface area contributed by atoms with Gasteiger partial charge in [-0.15, -0.1) is 22.7 Å². The van der Waals surface area contributed by atoms with Crippen LogP contribution in [-0.4, -0.2) is 31.1 Å². The number of benzene rings is 1. The molecular weight excluding hydrogens is 440 g/mol. The molecule has 1 aromatic carbocycles. The van der Waals surface area contributed by atoms with Gasteiger partial charge in [-0.1, -0.05) is 29.8 Å². The highest BCUT2D eigenvalue weighted by atomic mass is 35.5. The van der Waals surface area contributed by atoms with Gasteiger partial charge in [0.25, 0.3) is 11.8 Å². The molecule has 2 amide bonds. The Hall–Kier alpha value is -1.93. The topological polar surface area (TPSA) is 67.4 Å². The Balaban J connectivity index is 1.40. The summed E-state index contributed by atoms with van der Waals surface area (Å²) < 4.78 is 6.58. The number of rotatable bonds is 5. The van der Waals surface area contributed by atoms with Gasteiger partial charge in [0.05, 0.1) is 16.7 Å². The van der Waals surface area contributed by atoms with Crippen molar-refractivity contribution in [2.24, 2.45) is 0 Å². The van der Waals surface area contributed by atoms with E-state index in [0.717, 1.165) is 54.4 Å². The van der Waals surface area contributed by atoms with Crippen LogP contribution in [0.5, 0.6) is 0 Å². The van der Waals surface area contributed by atoms with E-state index in [4.69, 9.17) is 16.3 Å². The largest absolute Gasteiger partial charge is 0.376 e. The number of thiophene rings is 2. The highest BCUT2D eigenvalue weighted by Crippen LogP contribution is 2.41. The SMILES string of the molecule is O=C(Nc1sc2c(c1C(=O)NC[C@H]1CCCO1)CCC2)c1sc2ccccc2c1Cl. The Morgan fingerprint density at radius 2 is 2.00 bits per heavy atom. The van der Waals surface area contributed by atoms with Gasteiger partial charge in [-0.2, -0.15) is 0 Å². The van der Waals surface area contributed by atoms with Gasteiger partial charge in [-0.3, -0.25) is 9.59 Å². The maximum atomic E-state index is 13.0.